The Kier molecular flexibility index (Phi) is 5.77. The first-order valence-corrected chi connectivity index (χ1v) is 8.67. The minimum Gasteiger partial charge on any atom is -0.489 e. The first-order chi connectivity index (χ1) is 11.7. The van der Waals surface area contributed by atoms with Gasteiger partial charge < -0.3 is 14.3 Å². The molecular weight excluding hydrogens is 347 g/mol. The zero-order valence-electron chi connectivity index (χ0n) is 13.1. The van der Waals surface area contributed by atoms with E-state index in [9.17, 15) is 4.79 Å². The molecular formula is C19H18Cl2O3. The molecule has 0 amide bonds. The van der Waals surface area contributed by atoms with Crippen LogP contribution in [0.2, 0.25) is 10.0 Å². The Morgan fingerprint density at radius 2 is 1.83 bits per heavy atom. The zero-order chi connectivity index (χ0) is 16.9. The molecule has 2 aromatic rings. The van der Waals surface area contributed by atoms with E-state index in [4.69, 9.17) is 32.7 Å². The van der Waals surface area contributed by atoms with Crippen molar-refractivity contribution in [1.82, 2.24) is 0 Å². The second-order valence-corrected chi connectivity index (χ2v) is 6.65. The molecule has 24 heavy (non-hydrogen) atoms. The summed E-state index contributed by atoms with van der Waals surface area (Å²) in [5.41, 5.74) is 1.94. The van der Waals surface area contributed by atoms with Crippen molar-refractivity contribution in [3.05, 3.63) is 63.6 Å². The van der Waals surface area contributed by atoms with Crippen molar-refractivity contribution in [3.8, 4) is 5.75 Å². The molecule has 0 unspecified atom stereocenters. The highest BCUT2D eigenvalue weighted by Crippen LogP contribution is 2.33. The van der Waals surface area contributed by atoms with Crippen LogP contribution in [0.5, 0.6) is 5.75 Å². The van der Waals surface area contributed by atoms with Gasteiger partial charge in [-0.2, -0.15) is 0 Å². The maximum atomic E-state index is 10.8. The van der Waals surface area contributed by atoms with E-state index < -0.39 is 0 Å². The minimum absolute atomic E-state index is 0.167. The third-order valence-corrected chi connectivity index (χ3v) is 4.57. The first kappa shape index (κ1) is 17.3. The number of hydrogen-bond acceptors (Lipinski definition) is 3. The molecule has 0 N–H and O–H groups in total. The summed E-state index contributed by atoms with van der Waals surface area (Å²) < 4.78 is 11.6. The number of carbonyl (C=O) groups is 1. The fourth-order valence-corrected chi connectivity index (χ4v) is 2.69. The number of aldehydes is 1. The van der Waals surface area contributed by atoms with Gasteiger partial charge in [0.2, 0.25) is 0 Å². The molecule has 1 atom stereocenters. The molecule has 0 aliphatic heterocycles. The molecule has 3 rings (SSSR count). The van der Waals surface area contributed by atoms with Crippen LogP contribution in [0.1, 0.15) is 36.5 Å². The van der Waals surface area contributed by atoms with Gasteiger partial charge >= 0.3 is 0 Å². The highest BCUT2D eigenvalue weighted by molar-refractivity contribution is 6.42. The van der Waals surface area contributed by atoms with Gasteiger partial charge in [0.1, 0.15) is 18.6 Å². The lowest BCUT2D eigenvalue weighted by molar-refractivity contribution is -0.110. The molecule has 0 heterocycles. The van der Waals surface area contributed by atoms with Gasteiger partial charge in [-0.1, -0.05) is 41.4 Å². The van der Waals surface area contributed by atoms with Crippen molar-refractivity contribution < 1.29 is 14.3 Å². The molecule has 1 aliphatic carbocycles. The zero-order valence-corrected chi connectivity index (χ0v) is 14.6. The average molecular weight is 365 g/mol. The Morgan fingerprint density at radius 3 is 2.46 bits per heavy atom. The number of benzene rings is 2. The van der Waals surface area contributed by atoms with Crippen molar-refractivity contribution in [2.24, 2.45) is 0 Å². The maximum absolute atomic E-state index is 10.8. The summed E-state index contributed by atoms with van der Waals surface area (Å²) in [6.45, 7) is 0.409. The lowest BCUT2D eigenvalue weighted by atomic mass is 10.1. The number of halogens is 2. The van der Waals surface area contributed by atoms with Gasteiger partial charge in [0.25, 0.3) is 0 Å². The summed E-state index contributed by atoms with van der Waals surface area (Å²) in [6, 6.07) is 13.1. The normalized spacial score (nSPS) is 15.1. The fourth-order valence-electron chi connectivity index (χ4n) is 2.37. The fraction of sp³-hybridized carbons (Fsp3) is 0.316. The van der Waals surface area contributed by atoms with Crippen LogP contribution in [0.15, 0.2) is 42.5 Å². The smallest absolute Gasteiger partial charge is 0.122 e. The van der Waals surface area contributed by atoms with Crippen LogP contribution in [0.4, 0.5) is 0 Å². The Morgan fingerprint density at radius 1 is 1.08 bits per heavy atom. The summed E-state index contributed by atoms with van der Waals surface area (Å²) in [4.78, 5) is 10.8. The lowest BCUT2D eigenvalue weighted by Gasteiger charge is -2.16. The summed E-state index contributed by atoms with van der Waals surface area (Å²) in [5.74, 6) is 0.751. The Balaban J connectivity index is 1.60. The third kappa shape index (κ3) is 4.73. The summed E-state index contributed by atoms with van der Waals surface area (Å²) >= 11 is 11.9. The minimum atomic E-state index is -0.167. The summed E-state index contributed by atoms with van der Waals surface area (Å²) in [6.07, 6.45) is 3.59. The van der Waals surface area contributed by atoms with Crippen molar-refractivity contribution in [1.29, 1.82) is 0 Å². The summed E-state index contributed by atoms with van der Waals surface area (Å²) in [5, 5.41) is 1.05. The molecule has 126 valence electrons. The average Bonchev–Trinajstić information content (AvgIpc) is 3.40. The SMILES string of the molecule is O=CC[C@H](OC1CC1)c1ccc(OCc2ccc(Cl)c(Cl)c2)cc1. The maximum Gasteiger partial charge on any atom is 0.122 e. The van der Waals surface area contributed by atoms with Gasteiger partial charge in [0.05, 0.1) is 22.3 Å². The predicted octanol–water partition coefficient (Wildman–Crippen LogP) is 5.38. The number of ether oxygens (including phenoxy) is 2. The standard InChI is InChI=1S/C19H18Cl2O3/c20-17-8-1-13(11-18(17)21)12-23-15-4-2-14(3-5-15)19(9-10-22)24-16-6-7-16/h1-5,8,10-11,16,19H,6-7,9,12H2/t19-/m0/s1. The summed E-state index contributed by atoms with van der Waals surface area (Å²) in [7, 11) is 0. The number of rotatable bonds is 8. The van der Waals surface area contributed by atoms with Gasteiger partial charge in [0, 0.05) is 6.42 Å². The van der Waals surface area contributed by atoms with Gasteiger partial charge in [-0.3, -0.25) is 0 Å². The molecule has 0 saturated heterocycles. The van der Waals surface area contributed by atoms with Crippen molar-refractivity contribution in [2.75, 3.05) is 0 Å². The molecule has 1 aliphatic rings. The largest absolute Gasteiger partial charge is 0.489 e. The lowest BCUT2D eigenvalue weighted by Crippen LogP contribution is -2.06. The van der Waals surface area contributed by atoms with Crippen LogP contribution in [-0.2, 0) is 16.1 Å². The molecule has 3 nitrogen and oxygen atoms in total. The van der Waals surface area contributed by atoms with Gasteiger partial charge in [-0.15, -0.1) is 0 Å². The molecule has 0 aromatic heterocycles. The van der Waals surface area contributed by atoms with E-state index in [1.807, 2.05) is 30.3 Å². The Labute approximate surface area is 151 Å². The molecule has 0 spiro atoms. The highest BCUT2D eigenvalue weighted by atomic mass is 35.5. The second kappa shape index (κ2) is 8.02. The van der Waals surface area contributed by atoms with Crippen LogP contribution >= 0.6 is 23.2 Å². The Hall–Kier alpha value is -1.55. The van der Waals surface area contributed by atoms with Crippen molar-refractivity contribution in [2.45, 2.75) is 38.1 Å². The number of hydrogen-bond donors (Lipinski definition) is 0. The number of carbonyl (C=O) groups excluding carboxylic acids is 1. The van der Waals surface area contributed by atoms with E-state index in [0.717, 1.165) is 36.0 Å². The van der Waals surface area contributed by atoms with Gasteiger partial charge in [-0.25, -0.2) is 0 Å². The predicted molar refractivity (Wildman–Crippen MR) is 94.8 cm³/mol. The van der Waals surface area contributed by atoms with E-state index in [0.29, 0.717) is 29.2 Å². The molecule has 1 fully saturated rings. The van der Waals surface area contributed by atoms with Crippen molar-refractivity contribution >= 4 is 29.5 Å². The van der Waals surface area contributed by atoms with Crippen LogP contribution in [0.3, 0.4) is 0 Å². The van der Waals surface area contributed by atoms with E-state index in [1.165, 1.54) is 0 Å². The van der Waals surface area contributed by atoms with E-state index in [1.54, 1.807) is 12.1 Å². The quantitative estimate of drug-likeness (QED) is 0.589. The second-order valence-electron chi connectivity index (χ2n) is 5.83. The van der Waals surface area contributed by atoms with Crippen LogP contribution in [0, 0.1) is 0 Å². The van der Waals surface area contributed by atoms with E-state index in [2.05, 4.69) is 0 Å². The first-order valence-electron chi connectivity index (χ1n) is 7.91. The molecule has 0 bridgehead atoms. The van der Waals surface area contributed by atoms with Gasteiger partial charge in [-0.05, 0) is 48.2 Å². The topological polar surface area (TPSA) is 35.5 Å². The Bertz CT molecular complexity index is 696. The van der Waals surface area contributed by atoms with Crippen LogP contribution in [0.25, 0.3) is 0 Å². The molecule has 2 aromatic carbocycles. The molecule has 0 radical (unpaired) electrons. The van der Waals surface area contributed by atoms with E-state index >= 15 is 0 Å². The third-order valence-electron chi connectivity index (χ3n) is 3.83. The molecule has 1 saturated carbocycles. The van der Waals surface area contributed by atoms with E-state index in [-0.39, 0.29) is 6.10 Å². The van der Waals surface area contributed by atoms with Crippen LogP contribution < -0.4 is 4.74 Å². The monoisotopic (exact) mass is 364 g/mol. The van der Waals surface area contributed by atoms with Gasteiger partial charge in [0.15, 0.2) is 0 Å². The molecule has 5 heteroatoms. The van der Waals surface area contributed by atoms with Crippen molar-refractivity contribution in [3.63, 3.8) is 0 Å². The highest BCUT2D eigenvalue weighted by Gasteiger charge is 2.26. The van der Waals surface area contributed by atoms with Crippen LogP contribution in [-0.4, -0.2) is 12.4 Å².